The topological polar surface area (TPSA) is 60.5 Å². The normalized spacial score (nSPS) is 22.8. The molecule has 0 radical (unpaired) electrons. The number of rotatable bonds is 5. The minimum atomic E-state index is -0.0874. The summed E-state index contributed by atoms with van der Waals surface area (Å²) in [5, 5.41) is 3.18. The Morgan fingerprint density at radius 1 is 1.19 bits per heavy atom. The van der Waals surface area contributed by atoms with Gasteiger partial charge in [-0.2, -0.15) is 0 Å². The fraction of sp³-hybridized carbons (Fsp3) is 0.429. The van der Waals surface area contributed by atoms with Gasteiger partial charge in [0.25, 0.3) is 5.91 Å². The second-order valence-electron chi connectivity index (χ2n) is 7.05. The first kappa shape index (κ1) is 18.4. The van der Waals surface area contributed by atoms with E-state index in [-0.39, 0.29) is 24.2 Å². The molecule has 1 aromatic carbocycles. The van der Waals surface area contributed by atoms with Gasteiger partial charge in [0, 0.05) is 23.9 Å². The average Bonchev–Trinajstić information content (AvgIpc) is 2.68. The molecule has 26 heavy (non-hydrogen) atoms. The summed E-state index contributed by atoms with van der Waals surface area (Å²) in [4.78, 5) is 16.8. The van der Waals surface area contributed by atoms with Crippen LogP contribution in [0.2, 0.25) is 0 Å². The molecule has 1 saturated heterocycles. The SMILES string of the molecule is COc1ccc([C@H]2C[C@@H](NC(=O)c3ccccc3)C[C@@H](C(C)C)O2)cn1. The molecule has 3 rings (SSSR count). The smallest absolute Gasteiger partial charge is 0.251 e. The lowest BCUT2D eigenvalue weighted by Crippen LogP contribution is -2.44. The summed E-state index contributed by atoms with van der Waals surface area (Å²) in [6, 6.07) is 13.2. The van der Waals surface area contributed by atoms with Crippen LogP contribution >= 0.6 is 0 Å². The Kier molecular flexibility index (Phi) is 5.89. The Bertz CT molecular complexity index is 716. The molecule has 0 aliphatic carbocycles. The Balaban J connectivity index is 1.73. The molecule has 1 N–H and O–H groups in total. The summed E-state index contributed by atoms with van der Waals surface area (Å²) >= 11 is 0. The van der Waals surface area contributed by atoms with E-state index in [9.17, 15) is 4.79 Å². The van der Waals surface area contributed by atoms with Crippen LogP contribution in [0.4, 0.5) is 0 Å². The van der Waals surface area contributed by atoms with Gasteiger partial charge in [-0.3, -0.25) is 4.79 Å². The van der Waals surface area contributed by atoms with Crippen LogP contribution in [0.1, 0.15) is 48.7 Å². The predicted octanol–water partition coefficient (Wildman–Crippen LogP) is 3.76. The van der Waals surface area contributed by atoms with E-state index in [2.05, 4.69) is 24.1 Å². The number of benzene rings is 1. The van der Waals surface area contributed by atoms with Crippen LogP contribution < -0.4 is 10.1 Å². The van der Waals surface area contributed by atoms with Crippen molar-refractivity contribution < 1.29 is 14.3 Å². The molecule has 1 aliphatic rings. The first-order chi connectivity index (χ1) is 12.6. The number of aromatic nitrogens is 1. The van der Waals surface area contributed by atoms with E-state index in [1.54, 1.807) is 13.3 Å². The first-order valence-corrected chi connectivity index (χ1v) is 9.08. The lowest BCUT2D eigenvalue weighted by molar-refractivity contribution is -0.0824. The zero-order valence-corrected chi connectivity index (χ0v) is 15.5. The summed E-state index contributed by atoms with van der Waals surface area (Å²) in [7, 11) is 1.60. The fourth-order valence-electron chi connectivity index (χ4n) is 3.28. The average molecular weight is 354 g/mol. The van der Waals surface area contributed by atoms with Crippen molar-refractivity contribution >= 4 is 5.91 Å². The number of nitrogens with one attached hydrogen (secondary N) is 1. The van der Waals surface area contributed by atoms with Gasteiger partial charge in [0.15, 0.2) is 0 Å². The molecule has 1 aromatic heterocycles. The van der Waals surface area contributed by atoms with Gasteiger partial charge in [-0.05, 0) is 42.5 Å². The molecular weight excluding hydrogens is 328 g/mol. The van der Waals surface area contributed by atoms with Gasteiger partial charge in [0.1, 0.15) is 0 Å². The minimum absolute atomic E-state index is 0.0355. The van der Waals surface area contributed by atoms with Crippen LogP contribution in [-0.2, 0) is 4.74 Å². The van der Waals surface area contributed by atoms with Gasteiger partial charge in [-0.25, -0.2) is 4.98 Å². The highest BCUT2D eigenvalue weighted by Crippen LogP contribution is 2.34. The van der Waals surface area contributed by atoms with E-state index >= 15 is 0 Å². The molecule has 0 unspecified atom stereocenters. The zero-order valence-electron chi connectivity index (χ0n) is 15.5. The molecule has 0 saturated carbocycles. The maximum absolute atomic E-state index is 12.5. The highest BCUT2D eigenvalue weighted by molar-refractivity contribution is 5.94. The number of nitrogens with zero attached hydrogens (tertiary/aromatic N) is 1. The van der Waals surface area contributed by atoms with E-state index in [0.717, 1.165) is 18.4 Å². The second kappa shape index (κ2) is 8.32. The van der Waals surface area contributed by atoms with Crippen LogP contribution in [-0.4, -0.2) is 30.1 Å². The standard InChI is InChI=1S/C21H26N2O3/c1-14(2)18-11-17(23-21(24)15-7-5-4-6-8-15)12-19(26-18)16-9-10-20(25-3)22-13-16/h4-10,13-14,17-19H,11-12H2,1-3H3,(H,23,24)/t17-,18-,19+/m0/s1. The molecule has 5 heteroatoms. The molecule has 1 fully saturated rings. The Morgan fingerprint density at radius 2 is 1.96 bits per heavy atom. The van der Waals surface area contributed by atoms with Crippen molar-refractivity contribution in [2.75, 3.05) is 7.11 Å². The van der Waals surface area contributed by atoms with Gasteiger partial charge in [-0.1, -0.05) is 32.0 Å². The van der Waals surface area contributed by atoms with Crippen molar-refractivity contribution in [3.8, 4) is 5.88 Å². The van der Waals surface area contributed by atoms with Gasteiger partial charge < -0.3 is 14.8 Å². The lowest BCUT2D eigenvalue weighted by Gasteiger charge is -2.37. The molecule has 138 valence electrons. The van der Waals surface area contributed by atoms with Crippen molar-refractivity contribution in [2.45, 2.75) is 44.9 Å². The van der Waals surface area contributed by atoms with Gasteiger partial charge in [-0.15, -0.1) is 0 Å². The van der Waals surface area contributed by atoms with E-state index in [0.29, 0.717) is 17.4 Å². The van der Waals surface area contributed by atoms with E-state index in [4.69, 9.17) is 9.47 Å². The number of hydrogen-bond donors (Lipinski definition) is 1. The van der Waals surface area contributed by atoms with Crippen LogP contribution in [0.5, 0.6) is 5.88 Å². The molecule has 0 bridgehead atoms. The number of ether oxygens (including phenoxy) is 2. The summed E-state index contributed by atoms with van der Waals surface area (Å²) in [5.41, 5.74) is 1.69. The minimum Gasteiger partial charge on any atom is -0.481 e. The third-order valence-electron chi connectivity index (χ3n) is 4.81. The number of carbonyl (C=O) groups excluding carboxylic acids is 1. The van der Waals surface area contributed by atoms with Crippen molar-refractivity contribution in [2.24, 2.45) is 5.92 Å². The Hall–Kier alpha value is -2.40. The summed E-state index contributed by atoms with van der Waals surface area (Å²) < 4.78 is 11.4. The van der Waals surface area contributed by atoms with Crippen LogP contribution in [0.15, 0.2) is 48.7 Å². The number of carbonyl (C=O) groups is 1. The largest absolute Gasteiger partial charge is 0.481 e. The molecule has 1 aliphatic heterocycles. The zero-order chi connectivity index (χ0) is 18.5. The van der Waals surface area contributed by atoms with Crippen LogP contribution in [0.3, 0.4) is 0 Å². The number of methoxy groups -OCH3 is 1. The summed E-state index contributed by atoms with van der Waals surface area (Å²) in [6.45, 7) is 4.30. The van der Waals surface area contributed by atoms with E-state index in [1.165, 1.54) is 0 Å². The van der Waals surface area contributed by atoms with Crippen molar-refractivity contribution in [1.29, 1.82) is 0 Å². The summed E-state index contributed by atoms with van der Waals surface area (Å²) in [5.74, 6) is 0.922. The van der Waals surface area contributed by atoms with E-state index < -0.39 is 0 Å². The van der Waals surface area contributed by atoms with Gasteiger partial charge in [0.2, 0.25) is 5.88 Å². The van der Waals surface area contributed by atoms with Crippen molar-refractivity contribution in [3.05, 3.63) is 59.8 Å². The van der Waals surface area contributed by atoms with Crippen molar-refractivity contribution in [3.63, 3.8) is 0 Å². The monoisotopic (exact) mass is 354 g/mol. The molecule has 2 heterocycles. The van der Waals surface area contributed by atoms with Gasteiger partial charge in [0.05, 0.1) is 19.3 Å². The third kappa shape index (κ3) is 4.41. The number of hydrogen-bond acceptors (Lipinski definition) is 4. The maximum Gasteiger partial charge on any atom is 0.251 e. The predicted molar refractivity (Wildman–Crippen MR) is 100 cm³/mol. The van der Waals surface area contributed by atoms with E-state index in [1.807, 2.05) is 42.5 Å². The number of amides is 1. The molecule has 0 spiro atoms. The third-order valence-corrected chi connectivity index (χ3v) is 4.81. The molecule has 1 amide bonds. The molecule has 5 nitrogen and oxygen atoms in total. The molecule has 2 aromatic rings. The maximum atomic E-state index is 12.5. The number of pyridine rings is 1. The van der Waals surface area contributed by atoms with Crippen LogP contribution in [0, 0.1) is 5.92 Å². The van der Waals surface area contributed by atoms with Gasteiger partial charge >= 0.3 is 0 Å². The molecule has 3 atom stereocenters. The lowest BCUT2D eigenvalue weighted by atomic mass is 9.90. The molecular formula is C21H26N2O3. The Labute approximate surface area is 154 Å². The highest BCUT2D eigenvalue weighted by atomic mass is 16.5. The highest BCUT2D eigenvalue weighted by Gasteiger charge is 2.33. The van der Waals surface area contributed by atoms with Crippen LogP contribution in [0.25, 0.3) is 0 Å². The Morgan fingerprint density at radius 3 is 2.58 bits per heavy atom. The van der Waals surface area contributed by atoms with Crippen molar-refractivity contribution in [1.82, 2.24) is 10.3 Å². The fourth-order valence-corrected chi connectivity index (χ4v) is 3.28. The summed E-state index contributed by atoms with van der Waals surface area (Å²) in [6.07, 6.45) is 3.35. The quantitative estimate of drug-likeness (QED) is 0.888. The second-order valence-corrected chi connectivity index (χ2v) is 7.05. The first-order valence-electron chi connectivity index (χ1n) is 9.08.